The summed E-state index contributed by atoms with van der Waals surface area (Å²) in [5.74, 6) is 0.239. The van der Waals surface area contributed by atoms with Crippen molar-refractivity contribution in [3.63, 3.8) is 0 Å². The summed E-state index contributed by atoms with van der Waals surface area (Å²) in [6, 6.07) is 8.57. The number of halogens is 1. The van der Waals surface area contributed by atoms with E-state index in [9.17, 15) is 14.4 Å². The maximum atomic E-state index is 12.2. The monoisotopic (exact) mass is 575 g/mol. The summed E-state index contributed by atoms with van der Waals surface area (Å²) >= 11 is 3.11. The predicted molar refractivity (Wildman–Crippen MR) is 140 cm³/mol. The van der Waals surface area contributed by atoms with Crippen molar-refractivity contribution in [2.45, 2.75) is 66.0 Å². The Hall–Kier alpha value is -2.04. The second kappa shape index (κ2) is 16.6. The lowest BCUT2D eigenvalue weighted by atomic mass is 10.3. The minimum atomic E-state index is -1.43. The molecule has 1 aromatic heterocycles. The molecule has 0 spiro atoms. The standard InChI is InChI=1S/C21H29BrN3O7P.C2H6/c1-14(2)31-20(27)15(3)24-33(32-16-8-6-5-7-9-16)13-30-18(29-4)10-11-25-12-17(22)19(26)23-21(25)28;1-2/h5-9,12,14-15,18,24H,10-11,13H2,1-4H3,(H,23,26,28);1-2H3. The Morgan fingerprint density at radius 2 is 1.83 bits per heavy atom. The highest BCUT2D eigenvalue weighted by atomic mass is 79.9. The number of carbonyl (C=O) groups is 1. The quantitative estimate of drug-likeness (QED) is 0.209. The van der Waals surface area contributed by atoms with Crippen LogP contribution in [0.5, 0.6) is 5.75 Å². The van der Waals surface area contributed by atoms with Gasteiger partial charge in [0.05, 0.1) is 10.6 Å². The molecule has 10 nitrogen and oxygen atoms in total. The van der Waals surface area contributed by atoms with Gasteiger partial charge in [0.1, 0.15) is 18.1 Å². The summed E-state index contributed by atoms with van der Waals surface area (Å²) in [4.78, 5) is 37.9. The van der Waals surface area contributed by atoms with Crippen molar-refractivity contribution in [3.05, 3.63) is 61.8 Å². The van der Waals surface area contributed by atoms with Crippen molar-refractivity contribution in [1.82, 2.24) is 14.6 Å². The van der Waals surface area contributed by atoms with Crippen molar-refractivity contribution >= 4 is 30.2 Å². The normalized spacial score (nSPS) is 13.4. The van der Waals surface area contributed by atoms with Crippen molar-refractivity contribution in [3.8, 4) is 5.75 Å². The Morgan fingerprint density at radius 3 is 2.43 bits per heavy atom. The molecule has 2 aromatic rings. The van der Waals surface area contributed by atoms with E-state index in [1.165, 1.54) is 17.9 Å². The first kappa shape index (κ1) is 31.0. The summed E-state index contributed by atoms with van der Waals surface area (Å²) in [5, 5.41) is 3.13. The molecule has 3 atom stereocenters. The first-order valence-corrected chi connectivity index (χ1v) is 13.5. The maximum Gasteiger partial charge on any atom is 0.328 e. The molecule has 0 aliphatic rings. The molecule has 1 aromatic carbocycles. The van der Waals surface area contributed by atoms with Gasteiger partial charge in [0, 0.05) is 26.3 Å². The van der Waals surface area contributed by atoms with Crippen molar-refractivity contribution in [2.75, 3.05) is 13.5 Å². The molecule has 0 bridgehead atoms. The number of benzene rings is 1. The second-order valence-corrected chi connectivity index (χ2v) is 9.61. The zero-order valence-corrected chi connectivity index (χ0v) is 23.4. The van der Waals surface area contributed by atoms with Gasteiger partial charge in [-0.2, -0.15) is 0 Å². The first-order chi connectivity index (χ1) is 16.7. The summed E-state index contributed by atoms with van der Waals surface area (Å²) in [6.07, 6.45) is 1.00. The van der Waals surface area contributed by atoms with E-state index in [-0.39, 0.29) is 29.4 Å². The van der Waals surface area contributed by atoms with E-state index in [1.54, 1.807) is 20.8 Å². The fraction of sp³-hybridized carbons (Fsp3) is 0.522. The summed E-state index contributed by atoms with van der Waals surface area (Å²) in [6.45, 7) is 9.52. The number of hydrogen-bond donors (Lipinski definition) is 2. The van der Waals surface area contributed by atoms with Gasteiger partial charge in [-0.3, -0.25) is 19.1 Å². The van der Waals surface area contributed by atoms with Crippen LogP contribution in [-0.4, -0.2) is 47.4 Å². The number of ether oxygens (including phenoxy) is 3. The van der Waals surface area contributed by atoms with Gasteiger partial charge in [-0.1, -0.05) is 32.0 Å². The summed E-state index contributed by atoms with van der Waals surface area (Å²) in [7, 11) is 0.0634. The number of esters is 1. The lowest BCUT2D eigenvalue weighted by molar-refractivity contribution is -0.149. The summed E-state index contributed by atoms with van der Waals surface area (Å²) < 4.78 is 24.1. The zero-order chi connectivity index (χ0) is 26.4. The molecule has 0 saturated heterocycles. The lowest BCUT2D eigenvalue weighted by Gasteiger charge is -2.25. The van der Waals surface area contributed by atoms with Gasteiger partial charge in [-0.05, 0) is 48.8 Å². The number of nitrogens with one attached hydrogen (secondary N) is 2. The Balaban J connectivity index is 0.00000298. The Kier molecular flexibility index (Phi) is 14.7. The fourth-order valence-electron chi connectivity index (χ4n) is 2.61. The maximum absolute atomic E-state index is 12.2. The average molecular weight is 576 g/mol. The molecule has 0 fully saturated rings. The SMILES string of the molecule is CC.COC(CCn1cc(Br)c(=O)[nH]c1=O)OCP(NC(C)C(=O)OC(C)C)Oc1ccccc1. The van der Waals surface area contributed by atoms with E-state index in [0.717, 1.165) is 0 Å². The Labute approximate surface area is 215 Å². The third kappa shape index (κ3) is 11.5. The molecule has 0 amide bonds. The van der Waals surface area contributed by atoms with E-state index in [4.69, 9.17) is 18.7 Å². The van der Waals surface area contributed by atoms with Crippen LogP contribution < -0.4 is 20.9 Å². The van der Waals surface area contributed by atoms with Gasteiger partial charge in [0.25, 0.3) is 5.56 Å². The number of H-pyrrole nitrogens is 1. The number of aromatic amines is 1. The number of aromatic nitrogens is 2. The highest BCUT2D eigenvalue weighted by Gasteiger charge is 2.23. The minimum Gasteiger partial charge on any atom is -0.462 e. The third-order valence-corrected chi connectivity index (χ3v) is 6.27. The van der Waals surface area contributed by atoms with E-state index < -0.39 is 31.9 Å². The van der Waals surface area contributed by atoms with E-state index in [0.29, 0.717) is 12.2 Å². The number of hydrogen-bond acceptors (Lipinski definition) is 8. The first-order valence-electron chi connectivity index (χ1n) is 11.3. The van der Waals surface area contributed by atoms with E-state index in [1.807, 2.05) is 44.2 Å². The van der Waals surface area contributed by atoms with Crippen LogP contribution in [0.2, 0.25) is 0 Å². The van der Waals surface area contributed by atoms with Gasteiger partial charge in [-0.15, -0.1) is 0 Å². The molecule has 2 N–H and O–H groups in total. The topological polar surface area (TPSA) is 121 Å². The molecule has 3 unspecified atom stereocenters. The van der Waals surface area contributed by atoms with Gasteiger partial charge in [0.2, 0.25) is 0 Å². The number of nitrogens with zero attached hydrogens (tertiary/aromatic N) is 1. The Bertz CT molecular complexity index is 1000. The van der Waals surface area contributed by atoms with Crippen LogP contribution in [0, 0.1) is 0 Å². The largest absolute Gasteiger partial charge is 0.462 e. The third-order valence-electron chi connectivity index (χ3n) is 4.22. The smallest absolute Gasteiger partial charge is 0.328 e. The second-order valence-electron chi connectivity index (χ2n) is 7.30. The lowest BCUT2D eigenvalue weighted by Crippen LogP contribution is -2.35. The van der Waals surface area contributed by atoms with Crippen LogP contribution in [0.3, 0.4) is 0 Å². The minimum absolute atomic E-state index is 0.117. The molecule has 12 heteroatoms. The van der Waals surface area contributed by atoms with Crippen LogP contribution in [-0.2, 0) is 25.5 Å². The number of para-hydroxylation sites is 1. The molecule has 0 saturated carbocycles. The molecule has 196 valence electrons. The number of methoxy groups -OCH3 is 1. The fourth-order valence-corrected chi connectivity index (χ4v) is 4.36. The molecule has 0 aliphatic carbocycles. The highest BCUT2D eigenvalue weighted by Crippen LogP contribution is 2.35. The van der Waals surface area contributed by atoms with Gasteiger partial charge < -0.3 is 18.7 Å². The molecule has 2 rings (SSSR count). The van der Waals surface area contributed by atoms with Crippen molar-refractivity contribution in [2.24, 2.45) is 0 Å². The highest BCUT2D eigenvalue weighted by molar-refractivity contribution is 9.10. The van der Waals surface area contributed by atoms with Crippen LogP contribution in [0.1, 0.15) is 41.0 Å². The van der Waals surface area contributed by atoms with Crippen molar-refractivity contribution < 1.29 is 23.5 Å². The molecule has 35 heavy (non-hydrogen) atoms. The van der Waals surface area contributed by atoms with Crippen LogP contribution >= 0.6 is 24.2 Å². The zero-order valence-electron chi connectivity index (χ0n) is 20.9. The molecule has 0 radical (unpaired) electrons. The molecular formula is C23H35BrN3O7P. The molecule has 0 aliphatic heterocycles. The average Bonchev–Trinajstić information content (AvgIpc) is 2.83. The van der Waals surface area contributed by atoms with E-state index >= 15 is 0 Å². The van der Waals surface area contributed by atoms with Gasteiger partial charge in [0.15, 0.2) is 14.6 Å². The van der Waals surface area contributed by atoms with Crippen molar-refractivity contribution in [1.29, 1.82) is 0 Å². The van der Waals surface area contributed by atoms with Crippen LogP contribution in [0.4, 0.5) is 0 Å². The van der Waals surface area contributed by atoms with E-state index in [2.05, 4.69) is 26.0 Å². The summed E-state index contributed by atoms with van der Waals surface area (Å²) in [5.41, 5.74) is -1.01. The number of aryl methyl sites for hydroxylation is 1. The predicted octanol–water partition coefficient (Wildman–Crippen LogP) is 3.98. The van der Waals surface area contributed by atoms with Crippen LogP contribution in [0.25, 0.3) is 0 Å². The molecular weight excluding hydrogens is 541 g/mol. The van der Waals surface area contributed by atoms with Gasteiger partial charge in [-0.25, -0.2) is 9.88 Å². The number of rotatable bonds is 13. The Morgan fingerprint density at radius 1 is 1.17 bits per heavy atom. The van der Waals surface area contributed by atoms with Crippen LogP contribution in [0.15, 0.2) is 50.6 Å². The molecule has 1 heterocycles. The number of carbonyl (C=O) groups excluding carboxylic acids is 1. The van der Waals surface area contributed by atoms with Gasteiger partial charge >= 0.3 is 11.7 Å².